The van der Waals surface area contributed by atoms with Crippen LogP contribution in [0.4, 0.5) is 18.9 Å². The summed E-state index contributed by atoms with van der Waals surface area (Å²) in [6.07, 6.45) is 7.89. The Labute approximate surface area is 215 Å². The van der Waals surface area contributed by atoms with E-state index in [4.69, 9.17) is 10.5 Å². The van der Waals surface area contributed by atoms with Crippen molar-refractivity contribution in [1.29, 1.82) is 0 Å². The lowest BCUT2D eigenvalue weighted by atomic mass is 9.75. The Morgan fingerprint density at radius 3 is 2.46 bits per heavy atom. The highest BCUT2D eigenvalue weighted by atomic mass is 19.1. The molecule has 5 nitrogen and oxygen atoms in total. The molecular formula is C29H33F3N4O. The fourth-order valence-electron chi connectivity index (χ4n) is 5.81. The molecule has 0 unspecified atom stereocenters. The summed E-state index contributed by atoms with van der Waals surface area (Å²) in [5, 5.41) is 0. The number of aryl methyl sites for hydroxylation is 2. The van der Waals surface area contributed by atoms with E-state index in [-0.39, 0.29) is 11.7 Å². The van der Waals surface area contributed by atoms with Crippen molar-refractivity contribution in [1.82, 2.24) is 9.97 Å². The van der Waals surface area contributed by atoms with E-state index in [1.807, 2.05) is 17.3 Å². The first kappa shape index (κ1) is 25.7. The van der Waals surface area contributed by atoms with E-state index >= 15 is 8.78 Å². The van der Waals surface area contributed by atoms with Crippen LogP contribution in [-0.4, -0.2) is 42.3 Å². The van der Waals surface area contributed by atoms with Crippen LogP contribution in [0, 0.1) is 23.4 Å². The van der Waals surface area contributed by atoms with Crippen molar-refractivity contribution >= 4 is 5.69 Å². The van der Waals surface area contributed by atoms with E-state index in [2.05, 4.69) is 23.0 Å². The average Bonchev–Trinajstić information content (AvgIpc) is 2.88. The van der Waals surface area contributed by atoms with E-state index in [1.54, 1.807) is 6.07 Å². The molecule has 0 radical (unpaired) electrons. The Morgan fingerprint density at radius 2 is 1.73 bits per heavy atom. The number of pyridine rings is 2. The molecule has 2 aromatic heterocycles. The van der Waals surface area contributed by atoms with Gasteiger partial charge in [0, 0.05) is 42.9 Å². The molecule has 2 fully saturated rings. The van der Waals surface area contributed by atoms with Crippen molar-refractivity contribution in [2.45, 2.75) is 51.0 Å². The standard InChI is InChI=1S/C29H33F3N4O/c1-18-12-20(14-21(33)13-18)24-6-7-34-17-19(24)2-3-22-4-5-25(30)29(35-22)28-26(31)15-23(16-27(28)32)36-8-10-37-11-9-36/h4-7,15-18,20-21H,2-3,8-14,33H2,1H3/t18-,20+,21-/m0/s1. The number of hydrogen-bond acceptors (Lipinski definition) is 5. The van der Waals surface area contributed by atoms with Gasteiger partial charge < -0.3 is 15.4 Å². The molecule has 1 saturated heterocycles. The van der Waals surface area contributed by atoms with Gasteiger partial charge in [-0.1, -0.05) is 6.92 Å². The van der Waals surface area contributed by atoms with Gasteiger partial charge in [-0.2, -0.15) is 0 Å². The molecule has 1 saturated carbocycles. The Hall–Kier alpha value is -2.97. The van der Waals surface area contributed by atoms with Crippen LogP contribution in [0.1, 0.15) is 48.9 Å². The lowest BCUT2D eigenvalue weighted by molar-refractivity contribution is 0.122. The maximum atomic E-state index is 15.1. The molecule has 3 heterocycles. The zero-order chi connectivity index (χ0) is 25.9. The van der Waals surface area contributed by atoms with Crippen molar-refractivity contribution < 1.29 is 17.9 Å². The van der Waals surface area contributed by atoms with Crippen LogP contribution in [0.25, 0.3) is 11.3 Å². The molecule has 37 heavy (non-hydrogen) atoms. The summed E-state index contributed by atoms with van der Waals surface area (Å²) in [5.41, 5.74) is 8.89. The topological polar surface area (TPSA) is 64.3 Å². The van der Waals surface area contributed by atoms with E-state index in [0.717, 1.165) is 24.8 Å². The summed E-state index contributed by atoms with van der Waals surface area (Å²) in [6.45, 7) is 4.32. The van der Waals surface area contributed by atoms with Crippen LogP contribution in [0.15, 0.2) is 42.7 Å². The van der Waals surface area contributed by atoms with Gasteiger partial charge in [0.05, 0.1) is 18.8 Å². The molecule has 0 bridgehead atoms. The second-order valence-corrected chi connectivity index (χ2v) is 10.4. The van der Waals surface area contributed by atoms with Crippen LogP contribution in [0.3, 0.4) is 0 Å². The Kier molecular flexibility index (Phi) is 7.76. The van der Waals surface area contributed by atoms with Gasteiger partial charge in [0.2, 0.25) is 0 Å². The fraction of sp³-hybridized carbons (Fsp3) is 0.448. The number of hydrogen-bond donors (Lipinski definition) is 1. The second kappa shape index (κ2) is 11.2. The van der Waals surface area contributed by atoms with Gasteiger partial charge in [-0.3, -0.25) is 4.98 Å². The molecule has 1 aliphatic heterocycles. The average molecular weight is 511 g/mol. The molecular weight excluding hydrogens is 477 g/mol. The summed E-state index contributed by atoms with van der Waals surface area (Å²) in [6, 6.07) is 7.55. The van der Waals surface area contributed by atoms with Crippen molar-refractivity contribution in [3.8, 4) is 11.3 Å². The number of aromatic nitrogens is 2. The van der Waals surface area contributed by atoms with Gasteiger partial charge in [0.25, 0.3) is 0 Å². The summed E-state index contributed by atoms with van der Waals surface area (Å²) in [4.78, 5) is 10.5. The minimum Gasteiger partial charge on any atom is -0.378 e. The maximum Gasteiger partial charge on any atom is 0.149 e. The molecule has 3 atom stereocenters. The van der Waals surface area contributed by atoms with Gasteiger partial charge in [-0.25, -0.2) is 18.2 Å². The number of anilines is 1. The largest absolute Gasteiger partial charge is 0.378 e. The van der Waals surface area contributed by atoms with Crippen LogP contribution >= 0.6 is 0 Å². The molecule has 196 valence electrons. The minimum atomic E-state index is -0.831. The van der Waals surface area contributed by atoms with E-state index in [9.17, 15) is 4.39 Å². The first-order chi connectivity index (χ1) is 17.9. The lowest BCUT2D eigenvalue weighted by Gasteiger charge is -2.32. The van der Waals surface area contributed by atoms with Crippen molar-refractivity contribution in [2.75, 3.05) is 31.2 Å². The van der Waals surface area contributed by atoms with Crippen molar-refractivity contribution in [3.63, 3.8) is 0 Å². The van der Waals surface area contributed by atoms with E-state index < -0.39 is 23.0 Å². The van der Waals surface area contributed by atoms with Crippen LogP contribution in [0.5, 0.6) is 0 Å². The molecule has 0 spiro atoms. The Balaban J connectivity index is 1.37. The maximum absolute atomic E-state index is 15.1. The van der Waals surface area contributed by atoms with Gasteiger partial charge in [-0.05, 0) is 85.4 Å². The van der Waals surface area contributed by atoms with Gasteiger partial charge in [0.1, 0.15) is 23.1 Å². The number of ether oxygens (including phenoxy) is 1. The van der Waals surface area contributed by atoms with Gasteiger partial charge in [-0.15, -0.1) is 0 Å². The predicted molar refractivity (Wildman–Crippen MR) is 138 cm³/mol. The highest BCUT2D eigenvalue weighted by Gasteiger charge is 2.27. The molecule has 0 amide bonds. The van der Waals surface area contributed by atoms with Crippen molar-refractivity contribution in [2.24, 2.45) is 11.7 Å². The number of nitrogens with zero attached hydrogens (tertiary/aromatic N) is 3. The molecule has 8 heteroatoms. The van der Waals surface area contributed by atoms with Crippen LogP contribution in [0.2, 0.25) is 0 Å². The molecule has 2 aliphatic rings. The Bertz CT molecular complexity index is 1210. The van der Waals surface area contributed by atoms with Gasteiger partial charge in [0.15, 0.2) is 0 Å². The summed E-state index contributed by atoms with van der Waals surface area (Å²) in [7, 11) is 0. The second-order valence-electron chi connectivity index (χ2n) is 10.4. The number of morpholine rings is 1. The van der Waals surface area contributed by atoms with Crippen LogP contribution < -0.4 is 10.6 Å². The zero-order valence-electron chi connectivity index (χ0n) is 21.1. The summed E-state index contributed by atoms with van der Waals surface area (Å²) >= 11 is 0. The smallest absolute Gasteiger partial charge is 0.149 e. The Morgan fingerprint density at radius 1 is 0.973 bits per heavy atom. The van der Waals surface area contributed by atoms with E-state index in [0.29, 0.717) is 62.4 Å². The SMILES string of the molecule is C[C@@H]1C[C@H](N)C[C@H](c2ccncc2CCc2ccc(F)c(-c3c(F)cc(N4CCOCC4)cc3F)n2)C1. The van der Waals surface area contributed by atoms with Gasteiger partial charge >= 0.3 is 0 Å². The third kappa shape index (κ3) is 5.80. The monoisotopic (exact) mass is 510 g/mol. The quantitative estimate of drug-likeness (QED) is 0.480. The molecule has 1 aromatic carbocycles. The third-order valence-corrected chi connectivity index (χ3v) is 7.55. The predicted octanol–water partition coefficient (Wildman–Crippen LogP) is 5.41. The fourth-order valence-corrected chi connectivity index (χ4v) is 5.81. The van der Waals surface area contributed by atoms with Crippen LogP contribution in [-0.2, 0) is 17.6 Å². The normalized spacial score (nSPS) is 22.3. The number of nitrogens with two attached hydrogens (primary N) is 1. The minimum absolute atomic E-state index is 0.190. The first-order valence-corrected chi connectivity index (χ1v) is 13.0. The van der Waals surface area contributed by atoms with E-state index in [1.165, 1.54) is 23.8 Å². The number of halogens is 3. The first-order valence-electron chi connectivity index (χ1n) is 13.0. The molecule has 2 N–H and O–H groups in total. The molecule has 1 aliphatic carbocycles. The molecule has 5 rings (SSSR count). The third-order valence-electron chi connectivity index (χ3n) is 7.55. The number of benzene rings is 1. The highest BCUT2D eigenvalue weighted by Crippen LogP contribution is 2.37. The zero-order valence-corrected chi connectivity index (χ0v) is 21.1. The number of rotatable bonds is 6. The summed E-state index contributed by atoms with van der Waals surface area (Å²) in [5.74, 6) is -1.48. The molecule has 3 aromatic rings. The van der Waals surface area contributed by atoms with Crippen molar-refractivity contribution in [3.05, 3.63) is 77.0 Å². The highest BCUT2D eigenvalue weighted by molar-refractivity contribution is 5.66. The lowest BCUT2D eigenvalue weighted by Crippen LogP contribution is -2.36. The summed E-state index contributed by atoms with van der Waals surface area (Å²) < 4.78 is 50.3.